The van der Waals surface area contributed by atoms with Crippen LogP contribution in [0.3, 0.4) is 0 Å². The van der Waals surface area contributed by atoms with Gasteiger partial charge in [0.05, 0.1) is 14.2 Å². The first-order valence-electron chi connectivity index (χ1n) is 8.30. The zero-order valence-corrected chi connectivity index (χ0v) is 15.3. The maximum Gasteiger partial charge on any atom is 0.256 e. The van der Waals surface area contributed by atoms with E-state index >= 15 is 0 Å². The molecule has 0 fully saturated rings. The van der Waals surface area contributed by atoms with Crippen molar-refractivity contribution in [3.63, 3.8) is 0 Å². The number of anilines is 3. The van der Waals surface area contributed by atoms with Gasteiger partial charge in [0, 0.05) is 17.3 Å². The lowest BCUT2D eigenvalue weighted by Crippen LogP contribution is -2.13. The molecular formula is C20H20N4O3. The van der Waals surface area contributed by atoms with Gasteiger partial charge in [0.15, 0.2) is 23.1 Å². The summed E-state index contributed by atoms with van der Waals surface area (Å²) in [5, 5.41) is 14.0. The van der Waals surface area contributed by atoms with Crippen LogP contribution >= 0.6 is 0 Å². The summed E-state index contributed by atoms with van der Waals surface area (Å²) in [5.41, 5.74) is 2.44. The number of nitrogens with one attached hydrogen (secondary N) is 2. The number of aromatic nitrogens is 2. The van der Waals surface area contributed by atoms with Gasteiger partial charge in [-0.15, -0.1) is 10.2 Å². The third-order valence-corrected chi connectivity index (χ3v) is 3.88. The van der Waals surface area contributed by atoms with Crippen LogP contribution in [0.15, 0.2) is 54.6 Å². The topological polar surface area (TPSA) is 85.4 Å². The number of hydrogen-bond acceptors (Lipinski definition) is 6. The number of methoxy groups -OCH3 is 2. The molecule has 0 aliphatic rings. The Labute approximate surface area is 157 Å². The number of rotatable bonds is 6. The van der Waals surface area contributed by atoms with Crippen LogP contribution in [0.2, 0.25) is 0 Å². The van der Waals surface area contributed by atoms with Crippen LogP contribution in [0.4, 0.5) is 17.3 Å². The Balaban J connectivity index is 1.66. The number of amides is 1. The molecule has 7 heteroatoms. The van der Waals surface area contributed by atoms with E-state index in [4.69, 9.17) is 9.47 Å². The number of ether oxygens (including phenoxy) is 2. The van der Waals surface area contributed by atoms with Crippen molar-refractivity contribution < 1.29 is 14.3 Å². The van der Waals surface area contributed by atoms with Gasteiger partial charge in [-0.3, -0.25) is 4.79 Å². The highest BCUT2D eigenvalue weighted by Crippen LogP contribution is 2.30. The predicted octanol–water partition coefficient (Wildman–Crippen LogP) is 3.80. The van der Waals surface area contributed by atoms with Crippen molar-refractivity contribution in [3.8, 4) is 11.5 Å². The van der Waals surface area contributed by atoms with Crippen molar-refractivity contribution >= 4 is 23.2 Å². The molecule has 1 heterocycles. The number of carbonyl (C=O) groups is 1. The van der Waals surface area contributed by atoms with Gasteiger partial charge < -0.3 is 20.1 Å². The van der Waals surface area contributed by atoms with Gasteiger partial charge >= 0.3 is 0 Å². The Morgan fingerprint density at radius 1 is 0.852 bits per heavy atom. The fraction of sp³-hybridized carbons (Fsp3) is 0.150. The van der Waals surface area contributed by atoms with E-state index < -0.39 is 0 Å². The molecule has 2 aromatic carbocycles. The molecule has 3 rings (SSSR count). The molecule has 3 aromatic rings. The van der Waals surface area contributed by atoms with E-state index in [9.17, 15) is 4.79 Å². The SMILES string of the molecule is COc1ccc(Nc2ccc(NC(=O)c3ccc(C)cc3)nn2)cc1OC. The van der Waals surface area contributed by atoms with Crippen LogP contribution in [-0.2, 0) is 0 Å². The molecule has 0 aliphatic carbocycles. The predicted molar refractivity (Wildman–Crippen MR) is 104 cm³/mol. The van der Waals surface area contributed by atoms with Gasteiger partial charge in [0.25, 0.3) is 5.91 Å². The second kappa shape index (κ2) is 8.18. The van der Waals surface area contributed by atoms with Gasteiger partial charge in [0.2, 0.25) is 0 Å². The van der Waals surface area contributed by atoms with E-state index in [1.165, 1.54) is 0 Å². The van der Waals surface area contributed by atoms with E-state index in [1.54, 1.807) is 50.6 Å². The number of aryl methyl sites for hydroxylation is 1. The zero-order valence-electron chi connectivity index (χ0n) is 15.3. The average Bonchev–Trinajstić information content (AvgIpc) is 2.69. The van der Waals surface area contributed by atoms with E-state index in [2.05, 4.69) is 20.8 Å². The lowest BCUT2D eigenvalue weighted by molar-refractivity contribution is 0.102. The summed E-state index contributed by atoms with van der Waals surface area (Å²) in [5.74, 6) is 1.93. The van der Waals surface area contributed by atoms with E-state index in [0.717, 1.165) is 11.3 Å². The van der Waals surface area contributed by atoms with E-state index in [0.29, 0.717) is 28.7 Å². The second-order valence-electron chi connectivity index (χ2n) is 5.82. The maximum atomic E-state index is 12.2. The van der Waals surface area contributed by atoms with Gasteiger partial charge in [-0.05, 0) is 43.3 Å². The largest absolute Gasteiger partial charge is 0.493 e. The third-order valence-electron chi connectivity index (χ3n) is 3.88. The van der Waals surface area contributed by atoms with Crippen molar-refractivity contribution in [2.24, 2.45) is 0 Å². The molecular weight excluding hydrogens is 344 g/mol. The number of benzene rings is 2. The molecule has 0 bridgehead atoms. The van der Waals surface area contributed by atoms with Crippen LogP contribution in [0, 0.1) is 6.92 Å². The Morgan fingerprint density at radius 2 is 1.52 bits per heavy atom. The van der Waals surface area contributed by atoms with Crippen molar-refractivity contribution in [3.05, 3.63) is 65.7 Å². The van der Waals surface area contributed by atoms with Crippen molar-refractivity contribution in [2.75, 3.05) is 24.9 Å². The molecule has 0 radical (unpaired) electrons. The molecule has 7 nitrogen and oxygen atoms in total. The summed E-state index contributed by atoms with van der Waals surface area (Å²) < 4.78 is 10.5. The Morgan fingerprint density at radius 3 is 2.15 bits per heavy atom. The normalized spacial score (nSPS) is 10.2. The highest BCUT2D eigenvalue weighted by atomic mass is 16.5. The Bertz CT molecular complexity index is 925. The monoisotopic (exact) mass is 364 g/mol. The first kappa shape index (κ1) is 18.2. The Hall–Kier alpha value is -3.61. The average molecular weight is 364 g/mol. The van der Waals surface area contributed by atoms with Crippen LogP contribution in [0.5, 0.6) is 11.5 Å². The summed E-state index contributed by atoms with van der Waals surface area (Å²) in [6.07, 6.45) is 0. The minimum Gasteiger partial charge on any atom is -0.493 e. The van der Waals surface area contributed by atoms with Gasteiger partial charge in [-0.1, -0.05) is 17.7 Å². The fourth-order valence-electron chi connectivity index (χ4n) is 2.42. The summed E-state index contributed by atoms with van der Waals surface area (Å²) in [6.45, 7) is 1.97. The summed E-state index contributed by atoms with van der Waals surface area (Å²) in [4.78, 5) is 12.2. The second-order valence-corrected chi connectivity index (χ2v) is 5.82. The van der Waals surface area contributed by atoms with Crippen LogP contribution in [0.1, 0.15) is 15.9 Å². The lowest BCUT2D eigenvalue weighted by Gasteiger charge is -2.11. The summed E-state index contributed by atoms with van der Waals surface area (Å²) in [7, 11) is 3.16. The number of hydrogen-bond donors (Lipinski definition) is 2. The molecule has 1 amide bonds. The maximum absolute atomic E-state index is 12.2. The first-order chi connectivity index (χ1) is 13.1. The molecule has 0 spiro atoms. The summed E-state index contributed by atoms with van der Waals surface area (Å²) in [6, 6.07) is 16.2. The number of nitrogens with zero attached hydrogens (tertiary/aromatic N) is 2. The molecule has 138 valence electrons. The van der Waals surface area contributed by atoms with Crippen LogP contribution < -0.4 is 20.1 Å². The molecule has 0 saturated heterocycles. The highest BCUT2D eigenvalue weighted by Gasteiger charge is 2.08. The molecule has 0 saturated carbocycles. The minimum atomic E-state index is -0.232. The van der Waals surface area contributed by atoms with E-state index in [-0.39, 0.29) is 5.91 Å². The first-order valence-corrected chi connectivity index (χ1v) is 8.30. The molecule has 27 heavy (non-hydrogen) atoms. The molecule has 0 aliphatic heterocycles. The van der Waals surface area contributed by atoms with Crippen LogP contribution in [0.25, 0.3) is 0 Å². The quantitative estimate of drug-likeness (QED) is 0.692. The molecule has 0 unspecified atom stereocenters. The standard InChI is InChI=1S/C20H20N4O3/c1-13-4-6-14(7-5-13)20(25)22-19-11-10-18(23-24-19)21-15-8-9-16(26-2)17(12-15)27-3/h4-12H,1-3H3,(H,21,23)(H,22,24,25). The third kappa shape index (κ3) is 4.52. The van der Waals surface area contributed by atoms with Crippen LogP contribution in [-0.4, -0.2) is 30.3 Å². The zero-order chi connectivity index (χ0) is 19.2. The van der Waals surface area contributed by atoms with E-state index in [1.807, 2.05) is 25.1 Å². The van der Waals surface area contributed by atoms with Crippen molar-refractivity contribution in [1.82, 2.24) is 10.2 Å². The smallest absolute Gasteiger partial charge is 0.256 e. The highest BCUT2D eigenvalue weighted by molar-refractivity contribution is 6.03. The van der Waals surface area contributed by atoms with Gasteiger partial charge in [0.1, 0.15) is 0 Å². The van der Waals surface area contributed by atoms with Crippen molar-refractivity contribution in [2.45, 2.75) is 6.92 Å². The molecule has 0 atom stereocenters. The lowest BCUT2D eigenvalue weighted by atomic mass is 10.1. The van der Waals surface area contributed by atoms with Crippen molar-refractivity contribution in [1.29, 1.82) is 0 Å². The van der Waals surface area contributed by atoms with Gasteiger partial charge in [-0.25, -0.2) is 0 Å². The molecule has 1 aromatic heterocycles. The Kier molecular flexibility index (Phi) is 5.51. The molecule has 2 N–H and O–H groups in total. The fourth-order valence-corrected chi connectivity index (χ4v) is 2.42. The van der Waals surface area contributed by atoms with Gasteiger partial charge in [-0.2, -0.15) is 0 Å². The minimum absolute atomic E-state index is 0.232. The number of carbonyl (C=O) groups excluding carboxylic acids is 1. The summed E-state index contributed by atoms with van der Waals surface area (Å²) >= 11 is 0.